The van der Waals surface area contributed by atoms with Gasteiger partial charge in [-0.1, -0.05) is 13.8 Å². The number of nitrogens with zero attached hydrogens (tertiary/aromatic N) is 4. The number of rotatable bonds is 5. The second-order valence-corrected chi connectivity index (χ2v) is 5.85. The first kappa shape index (κ1) is 15.3. The molecule has 2 aromatic rings. The highest BCUT2D eigenvalue weighted by atomic mass is 16.1. The van der Waals surface area contributed by atoms with E-state index >= 15 is 0 Å². The van der Waals surface area contributed by atoms with Crippen molar-refractivity contribution in [3.63, 3.8) is 0 Å². The van der Waals surface area contributed by atoms with Crippen LogP contribution in [-0.4, -0.2) is 25.5 Å². The zero-order chi connectivity index (χ0) is 15.6. The lowest BCUT2D eigenvalue weighted by Gasteiger charge is -2.08. The van der Waals surface area contributed by atoms with Gasteiger partial charge in [0.25, 0.3) is 0 Å². The molecule has 0 aliphatic heterocycles. The SMILES string of the molecule is Cc1nn(CC(C)C)c(C)c1CC(=O)Nc1cnn(C)c1. The van der Waals surface area contributed by atoms with Gasteiger partial charge in [-0.05, 0) is 19.8 Å². The van der Waals surface area contributed by atoms with Gasteiger partial charge in [0, 0.05) is 31.0 Å². The summed E-state index contributed by atoms with van der Waals surface area (Å²) in [5.74, 6) is 0.485. The number of nitrogens with one attached hydrogen (secondary N) is 1. The molecule has 6 heteroatoms. The topological polar surface area (TPSA) is 64.7 Å². The molecular weight excluding hydrogens is 266 g/mol. The molecule has 0 aliphatic carbocycles. The van der Waals surface area contributed by atoms with Crippen molar-refractivity contribution in [3.05, 3.63) is 29.3 Å². The monoisotopic (exact) mass is 289 g/mol. The van der Waals surface area contributed by atoms with Gasteiger partial charge in [-0.25, -0.2) is 0 Å². The van der Waals surface area contributed by atoms with E-state index in [4.69, 9.17) is 0 Å². The van der Waals surface area contributed by atoms with Gasteiger partial charge in [0.15, 0.2) is 0 Å². The minimum atomic E-state index is -0.0432. The van der Waals surface area contributed by atoms with Gasteiger partial charge in [-0.15, -0.1) is 0 Å². The average molecular weight is 289 g/mol. The van der Waals surface area contributed by atoms with Crippen LogP contribution in [0.25, 0.3) is 0 Å². The van der Waals surface area contributed by atoms with Crippen molar-refractivity contribution in [2.45, 2.75) is 40.7 Å². The van der Waals surface area contributed by atoms with Gasteiger partial charge in [-0.2, -0.15) is 10.2 Å². The first-order valence-electron chi connectivity index (χ1n) is 7.18. The summed E-state index contributed by atoms with van der Waals surface area (Å²) in [6.45, 7) is 9.17. The number of hydrogen-bond donors (Lipinski definition) is 1. The van der Waals surface area contributed by atoms with Gasteiger partial charge >= 0.3 is 0 Å². The van der Waals surface area contributed by atoms with E-state index in [1.165, 1.54) is 0 Å². The fourth-order valence-corrected chi connectivity index (χ4v) is 2.36. The number of hydrogen-bond acceptors (Lipinski definition) is 3. The highest BCUT2D eigenvalue weighted by Crippen LogP contribution is 2.16. The minimum Gasteiger partial charge on any atom is -0.323 e. The Balaban J connectivity index is 2.08. The molecular formula is C15H23N5O. The Morgan fingerprint density at radius 1 is 1.38 bits per heavy atom. The van der Waals surface area contributed by atoms with Crippen molar-refractivity contribution in [1.29, 1.82) is 0 Å². The fraction of sp³-hybridized carbons (Fsp3) is 0.533. The second kappa shape index (κ2) is 6.11. The van der Waals surface area contributed by atoms with Gasteiger partial charge in [-0.3, -0.25) is 14.2 Å². The molecule has 114 valence electrons. The molecule has 1 N–H and O–H groups in total. The Hall–Kier alpha value is -2.11. The molecule has 0 saturated carbocycles. The van der Waals surface area contributed by atoms with E-state index in [1.807, 2.05) is 25.6 Å². The largest absolute Gasteiger partial charge is 0.323 e. The Kier molecular flexibility index (Phi) is 4.45. The summed E-state index contributed by atoms with van der Waals surface area (Å²) in [4.78, 5) is 12.1. The fourth-order valence-electron chi connectivity index (χ4n) is 2.36. The van der Waals surface area contributed by atoms with E-state index in [0.29, 0.717) is 18.0 Å². The molecule has 1 amide bonds. The average Bonchev–Trinajstić information content (AvgIpc) is 2.88. The van der Waals surface area contributed by atoms with Gasteiger partial charge in [0.1, 0.15) is 0 Å². The van der Waals surface area contributed by atoms with Crippen molar-refractivity contribution in [2.75, 3.05) is 5.32 Å². The van der Waals surface area contributed by atoms with E-state index in [0.717, 1.165) is 23.5 Å². The van der Waals surface area contributed by atoms with Crippen LogP contribution in [0.2, 0.25) is 0 Å². The number of anilines is 1. The van der Waals surface area contributed by atoms with Gasteiger partial charge < -0.3 is 5.32 Å². The number of amides is 1. The molecule has 0 radical (unpaired) electrons. The van der Waals surface area contributed by atoms with Crippen LogP contribution in [0.4, 0.5) is 5.69 Å². The van der Waals surface area contributed by atoms with E-state index in [-0.39, 0.29) is 5.91 Å². The van der Waals surface area contributed by atoms with Crippen LogP contribution in [0.15, 0.2) is 12.4 Å². The second-order valence-electron chi connectivity index (χ2n) is 5.85. The van der Waals surface area contributed by atoms with Gasteiger partial charge in [0.2, 0.25) is 5.91 Å². The molecule has 6 nitrogen and oxygen atoms in total. The maximum Gasteiger partial charge on any atom is 0.229 e. The predicted octanol–water partition coefficient (Wildman–Crippen LogP) is 2.07. The van der Waals surface area contributed by atoms with E-state index in [1.54, 1.807) is 17.1 Å². The molecule has 0 atom stereocenters. The first-order chi connectivity index (χ1) is 9.86. The first-order valence-corrected chi connectivity index (χ1v) is 7.18. The lowest BCUT2D eigenvalue weighted by Crippen LogP contribution is -2.15. The predicted molar refractivity (Wildman–Crippen MR) is 82.1 cm³/mol. The molecule has 0 saturated heterocycles. The van der Waals surface area contributed by atoms with Crippen molar-refractivity contribution >= 4 is 11.6 Å². The van der Waals surface area contributed by atoms with Crippen LogP contribution in [0, 0.1) is 19.8 Å². The Morgan fingerprint density at radius 3 is 2.67 bits per heavy atom. The van der Waals surface area contributed by atoms with Gasteiger partial charge in [0.05, 0.1) is 24.0 Å². The maximum atomic E-state index is 12.1. The minimum absolute atomic E-state index is 0.0432. The zero-order valence-corrected chi connectivity index (χ0v) is 13.3. The van der Waals surface area contributed by atoms with Crippen LogP contribution in [0.3, 0.4) is 0 Å². The third-order valence-electron chi connectivity index (χ3n) is 3.40. The number of carbonyl (C=O) groups is 1. The van der Waals surface area contributed by atoms with Crippen molar-refractivity contribution < 1.29 is 4.79 Å². The Morgan fingerprint density at radius 2 is 2.10 bits per heavy atom. The summed E-state index contributed by atoms with van der Waals surface area (Å²) in [7, 11) is 1.82. The van der Waals surface area contributed by atoms with E-state index < -0.39 is 0 Å². The summed E-state index contributed by atoms with van der Waals surface area (Å²) in [5.41, 5.74) is 3.72. The highest BCUT2D eigenvalue weighted by molar-refractivity contribution is 5.92. The van der Waals surface area contributed by atoms with Crippen molar-refractivity contribution in [3.8, 4) is 0 Å². The Bertz CT molecular complexity index is 639. The lowest BCUT2D eigenvalue weighted by molar-refractivity contribution is -0.115. The summed E-state index contributed by atoms with van der Waals surface area (Å²) in [6, 6.07) is 0. The van der Waals surface area contributed by atoms with Crippen LogP contribution in [-0.2, 0) is 24.8 Å². The van der Waals surface area contributed by atoms with Crippen molar-refractivity contribution in [2.24, 2.45) is 13.0 Å². The normalized spacial score (nSPS) is 11.1. The summed E-state index contributed by atoms with van der Waals surface area (Å²) >= 11 is 0. The molecule has 0 spiro atoms. The zero-order valence-electron chi connectivity index (χ0n) is 13.3. The summed E-state index contributed by atoms with van der Waals surface area (Å²) < 4.78 is 3.65. The number of aryl methyl sites for hydroxylation is 2. The quantitative estimate of drug-likeness (QED) is 0.916. The Labute approximate surface area is 125 Å². The molecule has 0 fully saturated rings. The molecule has 0 aromatic carbocycles. The van der Waals surface area contributed by atoms with E-state index in [9.17, 15) is 4.79 Å². The van der Waals surface area contributed by atoms with Crippen LogP contribution in [0.1, 0.15) is 30.8 Å². The van der Waals surface area contributed by atoms with Crippen molar-refractivity contribution in [1.82, 2.24) is 19.6 Å². The van der Waals surface area contributed by atoms with E-state index in [2.05, 4.69) is 29.4 Å². The molecule has 21 heavy (non-hydrogen) atoms. The standard InChI is InChI=1S/C15H23N5O/c1-10(2)8-20-12(4)14(11(3)18-20)6-15(21)17-13-7-16-19(5)9-13/h7,9-10H,6,8H2,1-5H3,(H,17,21). The third-order valence-corrected chi connectivity index (χ3v) is 3.40. The third kappa shape index (κ3) is 3.71. The smallest absolute Gasteiger partial charge is 0.229 e. The molecule has 2 aromatic heterocycles. The van der Waals surface area contributed by atoms with Crippen LogP contribution >= 0.6 is 0 Å². The molecule has 2 heterocycles. The molecule has 2 rings (SSSR count). The number of carbonyl (C=O) groups excluding carboxylic acids is 1. The summed E-state index contributed by atoms with van der Waals surface area (Å²) in [5, 5.41) is 11.4. The molecule has 0 unspecified atom stereocenters. The molecule has 0 bridgehead atoms. The highest BCUT2D eigenvalue weighted by Gasteiger charge is 2.15. The lowest BCUT2D eigenvalue weighted by atomic mass is 10.1. The van der Waals surface area contributed by atoms with Crippen LogP contribution < -0.4 is 5.32 Å². The maximum absolute atomic E-state index is 12.1. The summed E-state index contributed by atoms with van der Waals surface area (Å²) in [6.07, 6.45) is 3.75. The molecule has 0 aliphatic rings. The number of aromatic nitrogens is 4. The van der Waals surface area contributed by atoms with Crippen LogP contribution in [0.5, 0.6) is 0 Å².